The summed E-state index contributed by atoms with van der Waals surface area (Å²) in [6.07, 6.45) is 0. The van der Waals surface area contributed by atoms with Crippen LogP contribution >= 0.6 is 0 Å². The molecule has 3 heteroatoms. The smallest absolute Gasteiger partial charge is 0.218 e. The zero-order valence-corrected chi connectivity index (χ0v) is 8.02. The van der Waals surface area contributed by atoms with Crippen LogP contribution in [0.1, 0.15) is 20.8 Å². The summed E-state index contributed by atoms with van der Waals surface area (Å²) >= 11 is 0. The van der Waals surface area contributed by atoms with Crippen LogP contribution < -0.4 is 5.32 Å². The van der Waals surface area contributed by atoms with Gasteiger partial charge in [-0.2, -0.15) is 0 Å². The van der Waals surface area contributed by atoms with Gasteiger partial charge in [0.05, 0.1) is 5.54 Å². The van der Waals surface area contributed by atoms with E-state index >= 15 is 0 Å². The van der Waals surface area contributed by atoms with Gasteiger partial charge in [0.1, 0.15) is 6.61 Å². The van der Waals surface area contributed by atoms with Gasteiger partial charge in [0.15, 0.2) is 0 Å². The highest BCUT2D eigenvalue weighted by Gasteiger charge is 2.13. The monoisotopic (exact) mass is 169 g/mol. The molecule has 0 aromatic heterocycles. The molecular formula is C9H15NO2. The molecule has 0 aliphatic rings. The minimum atomic E-state index is -0.468. The largest absolute Gasteiger partial charge is 0.372 e. The third-order valence-electron chi connectivity index (χ3n) is 1.11. The maximum absolute atomic E-state index is 10.7. The lowest BCUT2D eigenvalue weighted by Gasteiger charge is -2.18. The first kappa shape index (κ1) is 11.0. The van der Waals surface area contributed by atoms with Crippen LogP contribution in [0.25, 0.3) is 0 Å². The third-order valence-corrected chi connectivity index (χ3v) is 1.11. The lowest BCUT2D eigenvalue weighted by molar-refractivity contribution is -0.119. The van der Waals surface area contributed by atoms with E-state index < -0.39 is 5.54 Å². The second-order valence-corrected chi connectivity index (χ2v) is 3.04. The molecule has 0 heterocycles. The Hall–Kier alpha value is -1.01. The van der Waals surface area contributed by atoms with Gasteiger partial charge in [-0.15, -0.1) is 0 Å². The van der Waals surface area contributed by atoms with Gasteiger partial charge < -0.3 is 10.1 Å². The van der Waals surface area contributed by atoms with Crippen molar-refractivity contribution < 1.29 is 9.53 Å². The Bertz CT molecular complexity index is 210. The summed E-state index contributed by atoms with van der Waals surface area (Å²) in [6, 6.07) is 0. The molecule has 0 aromatic carbocycles. The lowest BCUT2D eigenvalue weighted by Crippen LogP contribution is -2.40. The van der Waals surface area contributed by atoms with Crippen molar-refractivity contribution in [3.05, 3.63) is 0 Å². The van der Waals surface area contributed by atoms with Crippen LogP contribution in [0.4, 0.5) is 0 Å². The Morgan fingerprint density at radius 2 is 2.17 bits per heavy atom. The van der Waals surface area contributed by atoms with Crippen LogP contribution in [0.3, 0.4) is 0 Å². The number of rotatable bonds is 2. The van der Waals surface area contributed by atoms with E-state index in [9.17, 15) is 4.79 Å². The fourth-order valence-electron chi connectivity index (χ4n) is 0.801. The molecule has 0 fully saturated rings. The van der Waals surface area contributed by atoms with Gasteiger partial charge in [-0.25, -0.2) is 0 Å². The van der Waals surface area contributed by atoms with Crippen molar-refractivity contribution in [2.75, 3.05) is 13.7 Å². The van der Waals surface area contributed by atoms with Gasteiger partial charge in [0.25, 0.3) is 0 Å². The summed E-state index contributed by atoms with van der Waals surface area (Å²) in [6.45, 7) is 5.55. The summed E-state index contributed by atoms with van der Waals surface area (Å²) in [5.41, 5.74) is -0.468. The maximum Gasteiger partial charge on any atom is 0.218 e. The van der Waals surface area contributed by atoms with Crippen LogP contribution in [0, 0.1) is 11.8 Å². The van der Waals surface area contributed by atoms with Crippen LogP contribution in [-0.4, -0.2) is 25.2 Å². The first-order chi connectivity index (χ1) is 5.48. The molecule has 0 rings (SSSR count). The van der Waals surface area contributed by atoms with Crippen LogP contribution in [0.5, 0.6) is 0 Å². The molecular weight excluding hydrogens is 154 g/mol. The summed E-state index contributed by atoms with van der Waals surface area (Å²) in [5, 5.41) is 2.71. The predicted octanol–water partition coefficient (Wildman–Crippen LogP) is 0.551. The first-order valence-corrected chi connectivity index (χ1v) is 3.75. The zero-order valence-electron chi connectivity index (χ0n) is 8.02. The quantitative estimate of drug-likeness (QED) is 0.613. The lowest BCUT2D eigenvalue weighted by atomic mass is 10.1. The molecule has 68 valence electrons. The molecule has 0 bridgehead atoms. The van der Waals surface area contributed by atoms with E-state index in [1.807, 2.05) is 13.8 Å². The SMILES string of the molecule is COCC#CC(C)(C)NC(C)=O. The molecule has 1 N–H and O–H groups in total. The van der Waals surface area contributed by atoms with E-state index in [-0.39, 0.29) is 5.91 Å². The molecule has 0 saturated carbocycles. The Labute approximate surface area is 73.5 Å². The summed E-state index contributed by atoms with van der Waals surface area (Å²) in [5.74, 6) is 5.60. The fraction of sp³-hybridized carbons (Fsp3) is 0.667. The number of nitrogens with one attached hydrogen (secondary N) is 1. The predicted molar refractivity (Wildman–Crippen MR) is 47.5 cm³/mol. The highest BCUT2D eigenvalue weighted by Crippen LogP contribution is 1.98. The normalized spacial score (nSPS) is 10.0. The van der Waals surface area contributed by atoms with Gasteiger partial charge in [-0.3, -0.25) is 4.79 Å². The molecule has 0 aromatic rings. The van der Waals surface area contributed by atoms with Crippen LogP contribution in [0.2, 0.25) is 0 Å². The van der Waals surface area contributed by atoms with E-state index in [0.717, 1.165) is 0 Å². The summed E-state index contributed by atoms with van der Waals surface area (Å²) in [4.78, 5) is 10.7. The number of ether oxygens (including phenoxy) is 1. The Kier molecular flexibility index (Phi) is 4.38. The first-order valence-electron chi connectivity index (χ1n) is 3.75. The second-order valence-electron chi connectivity index (χ2n) is 3.04. The van der Waals surface area contributed by atoms with Gasteiger partial charge in [0.2, 0.25) is 5.91 Å². The number of hydrogen-bond acceptors (Lipinski definition) is 2. The summed E-state index contributed by atoms with van der Waals surface area (Å²) < 4.78 is 4.76. The third kappa shape index (κ3) is 5.75. The van der Waals surface area contributed by atoms with Crippen LogP contribution in [-0.2, 0) is 9.53 Å². The highest BCUT2D eigenvalue weighted by molar-refractivity contribution is 5.74. The van der Waals surface area contributed by atoms with Crippen molar-refractivity contribution in [1.82, 2.24) is 5.32 Å². The molecule has 0 saturated heterocycles. The number of amides is 1. The van der Waals surface area contributed by atoms with E-state index in [4.69, 9.17) is 4.74 Å². The van der Waals surface area contributed by atoms with Gasteiger partial charge >= 0.3 is 0 Å². The molecule has 12 heavy (non-hydrogen) atoms. The Morgan fingerprint density at radius 3 is 2.58 bits per heavy atom. The average Bonchev–Trinajstić information content (AvgIpc) is 1.84. The molecule has 0 unspecified atom stereocenters. The number of carbonyl (C=O) groups is 1. The van der Waals surface area contributed by atoms with Crippen molar-refractivity contribution in [3.63, 3.8) is 0 Å². The standard InChI is InChI=1S/C9H15NO2/c1-8(11)10-9(2,3)6-5-7-12-4/h7H2,1-4H3,(H,10,11). The zero-order chi connectivity index (χ0) is 9.61. The fourth-order valence-corrected chi connectivity index (χ4v) is 0.801. The Balaban J connectivity index is 4.05. The van der Waals surface area contributed by atoms with Crippen molar-refractivity contribution >= 4 is 5.91 Å². The molecule has 3 nitrogen and oxygen atoms in total. The molecule has 0 aliphatic heterocycles. The maximum atomic E-state index is 10.7. The van der Waals surface area contributed by atoms with E-state index in [2.05, 4.69) is 17.2 Å². The van der Waals surface area contributed by atoms with Crippen molar-refractivity contribution in [2.24, 2.45) is 0 Å². The molecule has 0 spiro atoms. The van der Waals surface area contributed by atoms with E-state index in [1.54, 1.807) is 7.11 Å². The minimum Gasteiger partial charge on any atom is -0.372 e. The van der Waals surface area contributed by atoms with Crippen molar-refractivity contribution in [2.45, 2.75) is 26.3 Å². The van der Waals surface area contributed by atoms with Crippen molar-refractivity contribution in [3.8, 4) is 11.8 Å². The molecule has 0 atom stereocenters. The number of carbonyl (C=O) groups excluding carboxylic acids is 1. The number of hydrogen-bond donors (Lipinski definition) is 1. The Morgan fingerprint density at radius 1 is 1.58 bits per heavy atom. The van der Waals surface area contributed by atoms with Gasteiger partial charge in [-0.1, -0.05) is 11.8 Å². The van der Waals surface area contributed by atoms with Gasteiger partial charge in [0, 0.05) is 14.0 Å². The van der Waals surface area contributed by atoms with Crippen molar-refractivity contribution in [1.29, 1.82) is 0 Å². The average molecular weight is 169 g/mol. The topological polar surface area (TPSA) is 38.3 Å². The molecule has 0 radical (unpaired) electrons. The number of methoxy groups -OCH3 is 1. The summed E-state index contributed by atoms with van der Waals surface area (Å²) in [7, 11) is 1.58. The van der Waals surface area contributed by atoms with Gasteiger partial charge in [-0.05, 0) is 13.8 Å². The van der Waals surface area contributed by atoms with E-state index in [0.29, 0.717) is 6.61 Å². The molecule has 1 amide bonds. The minimum absolute atomic E-state index is 0.0771. The highest BCUT2D eigenvalue weighted by atomic mass is 16.5. The van der Waals surface area contributed by atoms with Crippen LogP contribution in [0.15, 0.2) is 0 Å². The van der Waals surface area contributed by atoms with E-state index in [1.165, 1.54) is 6.92 Å². The second kappa shape index (κ2) is 4.78. The molecule has 0 aliphatic carbocycles.